The summed E-state index contributed by atoms with van der Waals surface area (Å²) in [6, 6.07) is 109. The number of benzene rings is 13. The van der Waals surface area contributed by atoms with Crippen LogP contribution in [0.4, 0.5) is 34.1 Å². The molecule has 0 unspecified atom stereocenters. The van der Waals surface area contributed by atoms with E-state index in [0.29, 0.717) is 23.6 Å². The highest BCUT2D eigenvalue weighted by molar-refractivity contribution is 6.08. The lowest BCUT2D eigenvalue weighted by Crippen LogP contribution is -2.10. The van der Waals surface area contributed by atoms with Gasteiger partial charge in [-0.1, -0.05) is 182 Å². The molecule has 16 aromatic rings. The Morgan fingerprint density at radius 3 is 0.856 bits per heavy atom. The van der Waals surface area contributed by atoms with Crippen LogP contribution in [0.3, 0.4) is 0 Å². The first kappa shape index (κ1) is 53.1. The lowest BCUT2D eigenvalue weighted by molar-refractivity contribution is 0.584. The fourth-order valence-corrected chi connectivity index (χ4v) is 12.0. The van der Waals surface area contributed by atoms with Gasteiger partial charge in [0.15, 0.2) is 0 Å². The third-order valence-corrected chi connectivity index (χ3v) is 16.4. The van der Waals surface area contributed by atoms with Crippen LogP contribution in [0.5, 0.6) is 0 Å². The van der Waals surface area contributed by atoms with Gasteiger partial charge in [0.05, 0.1) is 22.4 Å². The highest BCUT2D eigenvalue weighted by Crippen LogP contribution is 2.45. The molecule has 0 aliphatic heterocycles. The maximum Gasteiger partial charge on any atom is 0.248 e. The Hall–Kier alpha value is -12.4. The van der Waals surface area contributed by atoms with Crippen molar-refractivity contribution < 1.29 is 8.83 Å². The van der Waals surface area contributed by atoms with E-state index >= 15 is 0 Å². The molecule has 0 radical (unpaired) electrons. The quantitative estimate of drug-likeness (QED) is 0.104. The molecule has 3 aromatic heterocycles. The van der Waals surface area contributed by atoms with Gasteiger partial charge in [-0.15, -0.1) is 20.4 Å². The smallest absolute Gasteiger partial charge is 0.248 e. The first-order chi connectivity index (χ1) is 44.6. The van der Waals surface area contributed by atoms with E-state index in [9.17, 15) is 0 Å². The summed E-state index contributed by atoms with van der Waals surface area (Å²) in [5.41, 5.74) is 18.5. The first-order valence-corrected chi connectivity index (χ1v) is 29.8. The standard InChI is InChI=1S/C80H52N8O2/c1-5-21-57(22-6-1)77-83-85-79(89-77)59-39-47-65(48-40-59)87(61-27-9-3-10-28-61)63-43-35-55(36-44-63)75-76(82-74-52-72(70-34-18-26-54-20-14-16-32-68(54)70)71(51-73(74)81-75)69-33-17-25-53-19-13-15-31-67(53)69)56-37-45-64(46-38-56)88(62-29-11-4-12-30-62)66-49-41-60(42-50-66)80-86-84-78(90-80)58-23-7-2-8-24-58/h1-52H. The average molecular weight is 1160 g/mol. The predicted molar refractivity (Wildman–Crippen MR) is 363 cm³/mol. The summed E-state index contributed by atoms with van der Waals surface area (Å²) in [4.78, 5) is 15.9. The minimum atomic E-state index is 0.450. The van der Waals surface area contributed by atoms with Gasteiger partial charge in [-0.2, -0.15) is 0 Å². The van der Waals surface area contributed by atoms with E-state index in [0.717, 1.165) is 123 Å². The zero-order valence-corrected chi connectivity index (χ0v) is 48.4. The number of nitrogens with zero attached hydrogens (tertiary/aromatic N) is 8. The van der Waals surface area contributed by atoms with Gasteiger partial charge in [0, 0.05) is 67.5 Å². The third-order valence-electron chi connectivity index (χ3n) is 16.4. The van der Waals surface area contributed by atoms with Crippen molar-refractivity contribution >= 4 is 66.7 Å². The summed E-state index contributed by atoms with van der Waals surface area (Å²) in [6.45, 7) is 0. The van der Waals surface area contributed by atoms with Crippen molar-refractivity contribution in [1.29, 1.82) is 0 Å². The summed E-state index contributed by atoms with van der Waals surface area (Å²) >= 11 is 0. The molecule has 0 atom stereocenters. The predicted octanol–water partition coefficient (Wildman–Crippen LogP) is 21.0. The van der Waals surface area contributed by atoms with Crippen LogP contribution in [-0.4, -0.2) is 30.4 Å². The van der Waals surface area contributed by atoms with Gasteiger partial charge in [0.1, 0.15) is 0 Å². The van der Waals surface area contributed by atoms with Gasteiger partial charge in [0.25, 0.3) is 0 Å². The van der Waals surface area contributed by atoms with Crippen LogP contribution in [0.25, 0.3) is 123 Å². The summed E-state index contributed by atoms with van der Waals surface area (Å²) in [6.07, 6.45) is 0. The van der Waals surface area contributed by atoms with Gasteiger partial charge < -0.3 is 18.6 Å². The summed E-state index contributed by atoms with van der Waals surface area (Å²) < 4.78 is 12.3. The van der Waals surface area contributed by atoms with E-state index in [-0.39, 0.29) is 0 Å². The van der Waals surface area contributed by atoms with Gasteiger partial charge in [-0.25, -0.2) is 9.97 Å². The second-order valence-corrected chi connectivity index (χ2v) is 21.9. The number of hydrogen-bond acceptors (Lipinski definition) is 10. The van der Waals surface area contributed by atoms with Crippen LogP contribution in [0.15, 0.2) is 324 Å². The molecule has 0 fully saturated rings. The minimum Gasteiger partial charge on any atom is -0.416 e. The monoisotopic (exact) mass is 1160 g/mol. The van der Waals surface area contributed by atoms with Crippen LogP contribution in [0.1, 0.15) is 0 Å². The lowest BCUT2D eigenvalue weighted by Gasteiger charge is -2.26. The van der Waals surface area contributed by atoms with Crippen LogP contribution in [-0.2, 0) is 0 Å². The molecule has 424 valence electrons. The van der Waals surface area contributed by atoms with Crippen molar-refractivity contribution in [2.75, 3.05) is 9.80 Å². The van der Waals surface area contributed by atoms with Crippen molar-refractivity contribution in [2.45, 2.75) is 0 Å². The average Bonchev–Trinajstić information content (AvgIpc) is 0.956. The number of anilines is 6. The summed E-state index contributed by atoms with van der Waals surface area (Å²) in [5.74, 6) is 1.85. The maximum absolute atomic E-state index is 6.16. The zero-order valence-electron chi connectivity index (χ0n) is 48.4. The Morgan fingerprint density at radius 1 is 0.222 bits per heavy atom. The highest BCUT2D eigenvalue weighted by atomic mass is 16.4. The molecule has 3 heterocycles. The lowest BCUT2D eigenvalue weighted by atomic mass is 9.88. The van der Waals surface area contributed by atoms with E-state index in [2.05, 4.69) is 249 Å². The molecule has 10 nitrogen and oxygen atoms in total. The SMILES string of the molecule is c1ccc(-c2nnc(-c3ccc(N(c4ccccc4)c4ccc(-c5nc6cc(-c7cccc8ccccc78)c(-c7cccc8ccccc78)cc6nc5-c5ccc(N(c6ccccc6)c6ccc(-c7nnc(-c8ccccc8)o7)cc6)cc5)cc4)cc3)o2)cc1. The molecule has 0 aliphatic carbocycles. The molecule has 0 spiro atoms. The van der Waals surface area contributed by atoms with E-state index in [4.69, 9.17) is 18.8 Å². The molecule has 0 N–H and O–H groups in total. The normalized spacial score (nSPS) is 11.3. The second kappa shape index (κ2) is 23.1. The first-order valence-electron chi connectivity index (χ1n) is 29.8. The van der Waals surface area contributed by atoms with E-state index in [1.807, 2.05) is 97.1 Å². The van der Waals surface area contributed by atoms with Crippen molar-refractivity contribution in [2.24, 2.45) is 0 Å². The molecule has 0 bridgehead atoms. The second-order valence-electron chi connectivity index (χ2n) is 21.9. The van der Waals surface area contributed by atoms with E-state index in [1.165, 1.54) is 10.8 Å². The molecule has 0 aliphatic rings. The molecule has 0 amide bonds. The van der Waals surface area contributed by atoms with E-state index in [1.54, 1.807) is 0 Å². The summed E-state index contributed by atoms with van der Waals surface area (Å²) in [5, 5.41) is 22.2. The Morgan fingerprint density at radius 2 is 0.500 bits per heavy atom. The Balaban J connectivity index is 0.822. The van der Waals surface area contributed by atoms with Crippen LogP contribution >= 0.6 is 0 Å². The highest BCUT2D eigenvalue weighted by Gasteiger charge is 2.23. The number of aromatic nitrogens is 6. The molecule has 13 aromatic carbocycles. The fourth-order valence-electron chi connectivity index (χ4n) is 12.0. The topological polar surface area (TPSA) is 110 Å². The van der Waals surface area contributed by atoms with Gasteiger partial charge in [-0.3, -0.25) is 0 Å². The number of fused-ring (bicyclic) bond motifs is 3. The number of hydrogen-bond donors (Lipinski definition) is 0. The van der Waals surface area contributed by atoms with Gasteiger partial charge >= 0.3 is 0 Å². The minimum absolute atomic E-state index is 0.450. The molecule has 0 saturated carbocycles. The zero-order chi connectivity index (χ0) is 59.7. The molecular weight excluding hydrogens is 1100 g/mol. The van der Waals surface area contributed by atoms with Crippen molar-refractivity contribution in [3.63, 3.8) is 0 Å². The van der Waals surface area contributed by atoms with Crippen LogP contribution < -0.4 is 9.80 Å². The van der Waals surface area contributed by atoms with Crippen LogP contribution in [0, 0.1) is 0 Å². The molecule has 90 heavy (non-hydrogen) atoms. The molecule has 10 heteroatoms. The van der Waals surface area contributed by atoms with Gasteiger partial charge in [0.2, 0.25) is 23.6 Å². The van der Waals surface area contributed by atoms with Crippen LogP contribution in [0.2, 0.25) is 0 Å². The fraction of sp³-hybridized carbons (Fsp3) is 0. The van der Waals surface area contributed by atoms with Crippen molar-refractivity contribution in [1.82, 2.24) is 30.4 Å². The Labute approximate surface area is 519 Å². The Bertz CT molecular complexity index is 4880. The summed E-state index contributed by atoms with van der Waals surface area (Å²) in [7, 11) is 0. The van der Waals surface area contributed by atoms with E-state index < -0.39 is 0 Å². The number of para-hydroxylation sites is 2. The molecule has 16 rings (SSSR count). The van der Waals surface area contributed by atoms with Crippen molar-refractivity contribution in [3.8, 4) is 90.6 Å². The van der Waals surface area contributed by atoms with Crippen molar-refractivity contribution in [3.05, 3.63) is 315 Å². The Kier molecular flexibility index (Phi) is 13.6. The third kappa shape index (κ3) is 10.1. The number of rotatable bonds is 14. The maximum atomic E-state index is 6.16. The largest absolute Gasteiger partial charge is 0.416 e. The van der Waals surface area contributed by atoms with Gasteiger partial charge in [-0.05, 0) is 177 Å². The molecule has 0 saturated heterocycles. The molecular formula is C80H52N8O2.